The molecular weight excluding hydrogens is 334 g/mol. The van der Waals surface area contributed by atoms with Gasteiger partial charge in [-0.25, -0.2) is 9.69 Å². The second-order valence-electron chi connectivity index (χ2n) is 5.36. The summed E-state index contributed by atoms with van der Waals surface area (Å²) in [5.74, 6) is -2.34. The van der Waals surface area contributed by atoms with E-state index in [-0.39, 0.29) is 6.54 Å². The quantitative estimate of drug-likeness (QED) is 0.590. The number of nitrogens with zero attached hydrogens (tertiary/aromatic N) is 2. The lowest BCUT2D eigenvalue weighted by Crippen LogP contribution is -2.42. The average molecular weight is 352 g/mol. The highest BCUT2D eigenvalue weighted by Crippen LogP contribution is 2.12. The van der Waals surface area contributed by atoms with Gasteiger partial charge >= 0.3 is 17.8 Å². The van der Waals surface area contributed by atoms with Crippen LogP contribution in [0.4, 0.5) is 4.79 Å². The van der Waals surface area contributed by atoms with Gasteiger partial charge in [-0.2, -0.15) is 0 Å². The molecule has 1 saturated heterocycles. The molecular formula is C16H18ClN3O4. The average Bonchev–Trinajstić information content (AvgIpc) is 2.73. The number of imide groups is 2. The summed E-state index contributed by atoms with van der Waals surface area (Å²) >= 11 is 5.88. The molecule has 128 valence electrons. The molecule has 0 atom stereocenters. The van der Waals surface area contributed by atoms with Crippen molar-refractivity contribution in [1.29, 1.82) is 0 Å². The van der Waals surface area contributed by atoms with Gasteiger partial charge in [-0.3, -0.25) is 19.3 Å². The summed E-state index contributed by atoms with van der Waals surface area (Å²) in [6, 6.07) is 6.51. The minimum atomic E-state index is -0.960. The summed E-state index contributed by atoms with van der Waals surface area (Å²) in [7, 11) is 0. The number of rotatable bonds is 7. The highest BCUT2D eigenvalue weighted by atomic mass is 35.5. The van der Waals surface area contributed by atoms with Crippen LogP contribution < -0.4 is 5.32 Å². The maximum absolute atomic E-state index is 12.0. The number of amides is 5. The van der Waals surface area contributed by atoms with Gasteiger partial charge in [-0.15, -0.1) is 0 Å². The number of carbonyl (C=O) groups is 4. The first-order chi connectivity index (χ1) is 11.4. The van der Waals surface area contributed by atoms with E-state index in [1.807, 2.05) is 12.1 Å². The van der Waals surface area contributed by atoms with E-state index >= 15 is 0 Å². The number of hydrogen-bond donors (Lipinski definition) is 1. The summed E-state index contributed by atoms with van der Waals surface area (Å²) < 4.78 is 0. The van der Waals surface area contributed by atoms with Crippen LogP contribution in [0.2, 0.25) is 5.02 Å². The second-order valence-corrected chi connectivity index (χ2v) is 5.80. The maximum atomic E-state index is 12.0. The smallest absolute Gasteiger partial charge is 0.334 e. The third-order valence-electron chi connectivity index (χ3n) is 3.51. The van der Waals surface area contributed by atoms with Crippen LogP contribution in [-0.2, 0) is 20.8 Å². The predicted molar refractivity (Wildman–Crippen MR) is 87.3 cm³/mol. The molecule has 1 aromatic rings. The Morgan fingerprint density at radius 3 is 2.54 bits per heavy atom. The van der Waals surface area contributed by atoms with Crippen LogP contribution in [0.5, 0.6) is 0 Å². The molecule has 0 aliphatic carbocycles. The van der Waals surface area contributed by atoms with Gasteiger partial charge in [0.05, 0.1) is 0 Å². The first kappa shape index (κ1) is 17.9. The van der Waals surface area contributed by atoms with Crippen molar-refractivity contribution in [2.45, 2.75) is 19.8 Å². The van der Waals surface area contributed by atoms with Gasteiger partial charge in [0, 0.05) is 18.1 Å². The standard InChI is InChI=1S/C16H18ClN3O4/c1-2-8-19-14(22)15(23)20(16(19)24)10-13(21)18-7-6-11-4-3-5-12(17)9-11/h3-5,9H,2,6-8,10H2,1H3,(H,18,21). The number of nitrogens with one attached hydrogen (secondary N) is 1. The van der Waals surface area contributed by atoms with Crippen LogP contribution in [0.1, 0.15) is 18.9 Å². The van der Waals surface area contributed by atoms with E-state index in [1.54, 1.807) is 19.1 Å². The molecule has 1 aliphatic heterocycles. The van der Waals surface area contributed by atoms with Gasteiger partial charge < -0.3 is 5.32 Å². The Balaban J connectivity index is 1.85. The zero-order valence-corrected chi connectivity index (χ0v) is 14.0. The third-order valence-corrected chi connectivity index (χ3v) is 3.74. The van der Waals surface area contributed by atoms with E-state index in [0.717, 1.165) is 10.5 Å². The van der Waals surface area contributed by atoms with E-state index in [0.29, 0.717) is 29.3 Å². The Hall–Kier alpha value is -2.41. The topological polar surface area (TPSA) is 86.8 Å². The molecule has 8 heteroatoms. The number of urea groups is 1. The monoisotopic (exact) mass is 351 g/mol. The normalized spacial score (nSPS) is 14.5. The van der Waals surface area contributed by atoms with Crippen LogP contribution in [-0.4, -0.2) is 53.2 Å². The van der Waals surface area contributed by atoms with Crippen molar-refractivity contribution < 1.29 is 19.2 Å². The van der Waals surface area contributed by atoms with Gasteiger partial charge in [-0.1, -0.05) is 30.7 Å². The molecule has 5 amide bonds. The summed E-state index contributed by atoms with van der Waals surface area (Å²) in [6.45, 7) is 1.83. The molecule has 1 heterocycles. The summed E-state index contributed by atoms with van der Waals surface area (Å²) in [6.07, 6.45) is 1.11. The molecule has 0 bridgehead atoms. The third kappa shape index (κ3) is 4.11. The molecule has 0 aromatic heterocycles. The van der Waals surface area contributed by atoms with Gasteiger partial charge in [0.15, 0.2) is 0 Å². The predicted octanol–water partition coefficient (Wildman–Crippen LogP) is 1.20. The lowest BCUT2D eigenvalue weighted by atomic mass is 10.1. The Morgan fingerprint density at radius 1 is 1.17 bits per heavy atom. The molecule has 24 heavy (non-hydrogen) atoms. The van der Waals surface area contributed by atoms with E-state index in [4.69, 9.17) is 11.6 Å². The summed E-state index contributed by atoms with van der Waals surface area (Å²) in [5.41, 5.74) is 0.959. The van der Waals surface area contributed by atoms with Crippen molar-refractivity contribution in [3.8, 4) is 0 Å². The summed E-state index contributed by atoms with van der Waals surface area (Å²) in [5, 5.41) is 3.23. The number of carbonyl (C=O) groups excluding carboxylic acids is 4. The highest BCUT2D eigenvalue weighted by Gasteiger charge is 2.44. The van der Waals surface area contributed by atoms with Gasteiger partial charge in [0.25, 0.3) is 0 Å². The molecule has 0 radical (unpaired) electrons. The first-order valence-electron chi connectivity index (χ1n) is 7.62. The van der Waals surface area contributed by atoms with E-state index < -0.39 is 30.3 Å². The SMILES string of the molecule is CCCN1C(=O)C(=O)N(CC(=O)NCCc2cccc(Cl)c2)C1=O. The fourth-order valence-electron chi connectivity index (χ4n) is 2.35. The molecule has 1 fully saturated rings. The van der Waals surface area contributed by atoms with Crippen LogP contribution in [0, 0.1) is 0 Å². The number of hydrogen-bond acceptors (Lipinski definition) is 4. The molecule has 2 rings (SSSR count). The van der Waals surface area contributed by atoms with Crippen molar-refractivity contribution in [3.63, 3.8) is 0 Å². The van der Waals surface area contributed by atoms with E-state index in [2.05, 4.69) is 5.32 Å². The van der Waals surface area contributed by atoms with Crippen LogP contribution in [0.15, 0.2) is 24.3 Å². The molecule has 1 aliphatic rings. The lowest BCUT2D eigenvalue weighted by molar-refractivity contribution is -0.144. The molecule has 1 N–H and O–H groups in total. The van der Waals surface area contributed by atoms with Gasteiger partial charge in [0.2, 0.25) is 5.91 Å². The van der Waals surface area contributed by atoms with Gasteiger partial charge in [0.1, 0.15) is 6.54 Å². The van der Waals surface area contributed by atoms with E-state index in [1.165, 1.54) is 0 Å². The van der Waals surface area contributed by atoms with Crippen molar-refractivity contribution >= 4 is 35.4 Å². The maximum Gasteiger partial charge on any atom is 0.334 e. The van der Waals surface area contributed by atoms with Crippen LogP contribution in [0.25, 0.3) is 0 Å². The van der Waals surface area contributed by atoms with Crippen molar-refractivity contribution in [3.05, 3.63) is 34.9 Å². The highest BCUT2D eigenvalue weighted by molar-refractivity contribution is 6.45. The molecule has 0 saturated carbocycles. The lowest BCUT2D eigenvalue weighted by Gasteiger charge is -2.14. The second kappa shape index (κ2) is 7.92. The zero-order chi connectivity index (χ0) is 17.7. The van der Waals surface area contributed by atoms with Crippen LogP contribution in [0.3, 0.4) is 0 Å². The van der Waals surface area contributed by atoms with Gasteiger partial charge in [-0.05, 0) is 30.5 Å². The van der Waals surface area contributed by atoms with Crippen molar-refractivity contribution in [2.24, 2.45) is 0 Å². The Labute approximate surface area is 144 Å². The fourth-order valence-corrected chi connectivity index (χ4v) is 2.56. The fraction of sp³-hybridized carbons (Fsp3) is 0.375. The number of benzene rings is 1. The molecule has 0 unspecified atom stereocenters. The minimum Gasteiger partial charge on any atom is -0.354 e. The Kier molecular flexibility index (Phi) is 5.92. The Morgan fingerprint density at radius 2 is 1.88 bits per heavy atom. The van der Waals surface area contributed by atoms with Crippen molar-refractivity contribution in [2.75, 3.05) is 19.6 Å². The molecule has 0 spiro atoms. The summed E-state index contributed by atoms with van der Waals surface area (Å²) in [4.78, 5) is 48.9. The first-order valence-corrected chi connectivity index (χ1v) is 8.00. The van der Waals surface area contributed by atoms with E-state index in [9.17, 15) is 19.2 Å². The zero-order valence-electron chi connectivity index (χ0n) is 13.3. The molecule has 1 aromatic carbocycles. The van der Waals surface area contributed by atoms with Crippen molar-refractivity contribution in [1.82, 2.24) is 15.1 Å². The largest absolute Gasteiger partial charge is 0.354 e. The number of halogens is 1. The Bertz CT molecular complexity index is 677. The van der Waals surface area contributed by atoms with Crippen LogP contribution >= 0.6 is 11.6 Å². The minimum absolute atomic E-state index is 0.163. The molecule has 7 nitrogen and oxygen atoms in total.